The van der Waals surface area contributed by atoms with Crippen molar-refractivity contribution in [3.8, 4) is 0 Å². The Hall–Kier alpha value is -2.70. The second-order valence-corrected chi connectivity index (χ2v) is 8.32. The Kier molecular flexibility index (Phi) is 6.77. The smallest absolute Gasteiger partial charge is 0.225 e. The number of nitrogens with zero attached hydrogens (tertiary/aromatic N) is 4. The van der Waals surface area contributed by atoms with Gasteiger partial charge in [-0.3, -0.25) is 4.90 Å². The average molecular weight is 405 g/mol. The van der Waals surface area contributed by atoms with Crippen LogP contribution in [0.4, 0.5) is 11.8 Å². The molecule has 3 aromatic rings. The van der Waals surface area contributed by atoms with Crippen molar-refractivity contribution >= 4 is 22.7 Å². The van der Waals surface area contributed by atoms with Crippen LogP contribution in [0.25, 0.3) is 10.9 Å². The minimum atomic E-state index is 0.435. The molecule has 0 bridgehead atoms. The van der Waals surface area contributed by atoms with E-state index in [-0.39, 0.29) is 0 Å². The molecule has 1 aromatic heterocycles. The van der Waals surface area contributed by atoms with E-state index in [1.807, 2.05) is 6.07 Å². The summed E-state index contributed by atoms with van der Waals surface area (Å²) in [5.74, 6) is 1.63. The molecule has 30 heavy (non-hydrogen) atoms. The molecule has 4 rings (SSSR count). The molecule has 0 atom stereocenters. The molecule has 2 heterocycles. The van der Waals surface area contributed by atoms with Crippen LogP contribution in [0.1, 0.15) is 18.4 Å². The number of nitrogens with one attached hydrogen (secondary N) is 2. The maximum absolute atomic E-state index is 4.81. The number of para-hydroxylation sites is 1. The molecular formula is C24H32N6. The highest BCUT2D eigenvalue weighted by Gasteiger charge is 2.20. The first-order valence-electron chi connectivity index (χ1n) is 10.9. The van der Waals surface area contributed by atoms with Gasteiger partial charge in [0.05, 0.1) is 5.52 Å². The molecule has 0 aliphatic carbocycles. The molecule has 0 amide bonds. The van der Waals surface area contributed by atoms with Crippen LogP contribution < -0.4 is 10.6 Å². The number of likely N-dealkylation sites (tertiary alicyclic amines) is 1. The van der Waals surface area contributed by atoms with Crippen molar-refractivity contribution in [1.82, 2.24) is 19.8 Å². The number of piperidine rings is 1. The van der Waals surface area contributed by atoms with Crippen molar-refractivity contribution in [2.75, 3.05) is 50.9 Å². The molecule has 158 valence electrons. The fourth-order valence-electron chi connectivity index (χ4n) is 3.93. The molecule has 0 unspecified atom stereocenters. The number of aromatic nitrogens is 2. The topological polar surface area (TPSA) is 56.3 Å². The summed E-state index contributed by atoms with van der Waals surface area (Å²) >= 11 is 0. The molecule has 0 spiro atoms. The number of anilines is 2. The number of benzene rings is 2. The summed E-state index contributed by atoms with van der Waals surface area (Å²) in [6.07, 6.45) is 2.24. The third-order valence-corrected chi connectivity index (χ3v) is 5.62. The predicted octanol–water partition coefficient (Wildman–Crippen LogP) is 3.68. The number of likely N-dealkylation sites (N-methyl/N-ethyl adjacent to an activating group) is 1. The van der Waals surface area contributed by atoms with E-state index in [1.165, 1.54) is 5.56 Å². The van der Waals surface area contributed by atoms with E-state index in [0.29, 0.717) is 12.0 Å². The zero-order chi connectivity index (χ0) is 20.8. The minimum Gasteiger partial charge on any atom is -0.367 e. The lowest BCUT2D eigenvalue weighted by atomic mass is 10.0. The summed E-state index contributed by atoms with van der Waals surface area (Å²) in [4.78, 5) is 14.2. The predicted molar refractivity (Wildman–Crippen MR) is 125 cm³/mol. The lowest BCUT2D eigenvalue weighted by Gasteiger charge is -2.32. The Bertz CT molecular complexity index is 935. The molecule has 1 saturated heterocycles. The normalized spacial score (nSPS) is 15.6. The van der Waals surface area contributed by atoms with Gasteiger partial charge in [-0.05, 0) is 44.6 Å². The highest BCUT2D eigenvalue weighted by molar-refractivity contribution is 5.90. The summed E-state index contributed by atoms with van der Waals surface area (Å²) in [7, 11) is 4.14. The third kappa shape index (κ3) is 5.46. The Morgan fingerprint density at radius 3 is 2.47 bits per heavy atom. The van der Waals surface area contributed by atoms with Gasteiger partial charge in [0.2, 0.25) is 5.95 Å². The van der Waals surface area contributed by atoms with Gasteiger partial charge in [-0.2, -0.15) is 4.98 Å². The highest BCUT2D eigenvalue weighted by atomic mass is 15.2. The Morgan fingerprint density at radius 1 is 0.967 bits per heavy atom. The number of fused-ring (bicyclic) bond motifs is 1. The van der Waals surface area contributed by atoms with Gasteiger partial charge in [0.15, 0.2) is 0 Å². The highest BCUT2D eigenvalue weighted by Crippen LogP contribution is 2.25. The second kappa shape index (κ2) is 9.87. The summed E-state index contributed by atoms with van der Waals surface area (Å²) in [6, 6.07) is 19.4. The van der Waals surface area contributed by atoms with Crippen LogP contribution in [0.5, 0.6) is 0 Å². The van der Waals surface area contributed by atoms with Crippen molar-refractivity contribution in [3.63, 3.8) is 0 Å². The molecule has 0 radical (unpaired) electrons. The van der Waals surface area contributed by atoms with E-state index in [1.54, 1.807) is 0 Å². The van der Waals surface area contributed by atoms with Gasteiger partial charge in [0.1, 0.15) is 5.82 Å². The van der Waals surface area contributed by atoms with Crippen LogP contribution in [0.15, 0.2) is 54.6 Å². The van der Waals surface area contributed by atoms with Crippen LogP contribution in [0.2, 0.25) is 0 Å². The minimum absolute atomic E-state index is 0.435. The first-order valence-corrected chi connectivity index (χ1v) is 10.9. The van der Waals surface area contributed by atoms with E-state index >= 15 is 0 Å². The molecule has 2 aromatic carbocycles. The van der Waals surface area contributed by atoms with Gasteiger partial charge >= 0.3 is 0 Å². The Morgan fingerprint density at radius 2 is 1.70 bits per heavy atom. The number of hydrogen-bond donors (Lipinski definition) is 2. The van der Waals surface area contributed by atoms with Gasteiger partial charge in [-0.15, -0.1) is 0 Å². The number of rotatable bonds is 8. The van der Waals surface area contributed by atoms with E-state index in [9.17, 15) is 0 Å². The maximum atomic E-state index is 4.81. The zero-order valence-corrected chi connectivity index (χ0v) is 18.0. The summed E-state index contributed by atoms with van der Waals surface area (Å²) in [5, 5.41) is 8.17. The van der Waals surface area contributed by atoms with Gasteiger partial charge in [-0.25, -0.2) is 4.98 Å². The van der Waals surface area contributed by atoms with E-state index in [0.717, 1.165) is 62.3 Å². The van der Waals surface area contributed by atoms with E-state index in [4.69, 9.17) is 9.97 Å². The van der Waals surface area contributed by atoms with Crippen LogP contribution in [0.3, 0.4) is 0 Å². The maximum Gasteiger partial charge on any atom is 0.225 e. The quantitative estimate of drug-likeness (QED) is 0.597. The second-order valence-electron chi connectivity index (χ2n) is 8.32. The average Bonchev–Trinajstić information content (AvgIpc) is 2.76. The van der Waals surface area contributed by atoms with Crippen LogP contribution in [0, 0.1) is 0 Å². The largest absolute Gasteiger partial charge is 0.367 e. The molecule has 2 N–H and O–H groups in total. The third-order valence-electron chi connectivity index (χ3n) is 5.62. The van der Waals surface area contributed by atoms with Crippen LogP contribution in [-0.2, 0) is 6.54 Å². The summed E-state index contributed by atoms with van der Waals surface area (Å²) < 4.78 is 0. The Balaban J connectivity index is 1.40. The summed E-state index contributed by atoms with van der Waals surface area (Å²) in [5.41, 5.74) is 2.36. The zero-order valence-electron chi connectivity index (χ0n) is 18.0. The van der Waals surface area contributed by atoms with E-state index in [2.05, 4.69) is 83.1 Å². The first-order chi connectivity index (χ1) is 14.7. The monoisotopic (exact) mass is 404 g/mol. The fraction of sp³-hybridized carbons (Fsp3) is 0.417. The van der Waals surface area contributed by atoms with Gasteiger partial charge in [-0.1, -0.05) is 42.5 Å². The van der Waals surface area contributed by atoms with Crippen LogP contribution in [-0.4, -0.2) is 66.1 Å². The van der Waals surface area contributed by atoms with Crippen molar-refractivity contribution in [3.05, 3.63) is 60.2 Å². The number of hydrogen-bond acceptors (Lipinski definition) is 6. The lowest BCUT2D eigenvalue weighted by Crippen LogP contribution is -2.38. The summed E-state index contributed by atoms with van der Waals surface area (Å²) in [6.45, 7) is 5.00. The Labute approximate surface area is 179 Å². The SMILES string of the molecule is CN(C)CCNc1nc(NC2CCN(Cc3ccccc3)CC2)c2ccccc2n1. The fourth-order valence-corrected chi connectivity index (χ4v) is 3.93. The van der Waals surface area contributed by atoms with Crippen molar-refractivity contribution in [2.45, 2.75) is 25.4 Å². The van der Waals surface area contributed by atoms with Crippen molar-refractivity contribution in [2.24, 2.45) is 0 Å². The molecule has 6 heteroatoms. The lowest BCUT2D eigenvalue weighted by molar-refractivity contribution is 0.211. The van der Waals surface area contributed by atoms with Gasteiger partial charge < -0.3 is 15.5 Å². The van der Waals surface area contributed by atoms with Gasteiger partial charge in [0, 0.05) is 44.2 Å². The van der Waals surface area contributed by atoms with Crippen molar-refractivity contribution < 1.29 is 0 Å². The van der Waals surface area contributed by atoms with E-state index < -0.39 is 0 Å². The molecular weight excluding hydrogens is 372 g/mol. The van der Waals surface area contributed by atoms with Crippen molar-refractivity contribution in [1.29, 1.82) is 0 Å². The first kappa shape index (κ1) is 20.6. The molecule has 1 fully saturated rings. The molecule has 1 aliphatic heterocycles. The molecule has 6 nitrogen and oxygen atoms in total. The van der Waals surface area contributed by atoms with Gasteiger partial charge in [0.25, 0.3) is 0 Å². The molecule has 1 aliphatic rings. The van der Waals surface area contributed by atoms with Crippen LogP contribution >= 0.6 is 0 Å². The standard InChI is InChI=1S/C24H32N6/c1-29(2)17-14-25-24-27-22-11-7-6-10-21(22)23(28-24)26-20-12-15-30(16-13-20)18-19-8-4-3-5-9-19/h3-11,20H,12-18H2,1-2H3,(H2,25,26,27,28). The molecule has 0 saturated carbocycles.